The molecule has 1 aliphatic heterocycles. The van der Waals surface area contributed by atoms with E-state index in [4.69, 9.17) is 15.2 Å². The van der Waals surface area contributed by atoms with E-state index < -0.39 is 0 Å². The second-order valence-corrected chi connectivity index (χ2v) is 4.97. The molecule has 2 amide bonds. The molecule has 1 heterocycles. The third kappa shape index (κ3) is 4.51. The molecule has 1 aliphatic rings. The highest BCUT2D eigenvalue weighted by molar-refractivity contribution is 5.91. The Bertz CT molecular complexity index is 490. The molecule has 22 heavy (non-hydrogen) atoms. The minimum Gasteiger partial charge on any atom is -0.491 e. The van der Waals surface area contributed by atoms with Crippen LogP contribution in [-0.4, -0.2) is 52.5 Å². The fourth-order valence-corrected chi connectivity index (χ4v) is 2.20. The number of carbonyl (C=O) groups is 1. The molecule has 4 N–H and O–H groups in total. The molecule has 0 radical (unpaired) electrons. The summed E-state index contributed by atoms with van der Waals surface area (Å²) in [5.41, 5.74) is 7.21. The summed E-state index contributed by atoms with van der Waals surface area (Å²) in [7, 11) is 1.58. The van der Waals surface area contributed by atoms with Gasteiger partial charge in [0.2, 0.25) is 0 Å². The monoisotopic (exact) mass is 308 g/mol. The number of hydrogen-bond donors (Lipinski definition) is 3. The first kappa shape index (κ1) is 16.4. The molecular weight excluding hydrogens is 284 g/mol. The lowest BCUT2D eigenvalue weighted by Gasteiger charge is -2.29. The van der Waals surface area contributed by atoms with Crippen molar-refractivity contribution in [1.82, 2.24) is 5.32 Å². The number of amides is 2. The Morgan fingerprint density at radius 3 is 2.86 bits per heavy atom. The van der Waals surface area contributed by atoms with Crippen molar-refractivity contribution in [3.05, 3.63) is 18.2 Å². The molecule has 0 atom stereocenters. The van der Waals surface area contributed by atoms with Crippen molar-refractivity contribution < 1.29 is 14.3 Å². The van der Waals surface area contributed by atoms with E-state index in [1.165, 1.54) is 0 Å². The van der Waals surface area contributed by atoms with Gasteiger partial charge in [0.1, 0.15) is 5.75 Å². The van der Waals surface area contributed by atoms with Crippen molar-refractivity contribution in [2.24, 2.45) is 5.73 Å². The van der Waals surface area contributed by atoms with Crippen LogP contribution >= 0.6 is 0 Å². The first-order valence-electron chi connectivity index (χ1n) is 7.53. The van der Waals surface area contributed by atoms with E-state index in [0.717, 1.165) is 38.4 Å². The van der Waals surface area contributed by atoms with Crippen LogP contribution in [0.3, 0.4) is 0 Å². The average molecular weight is 308 g/mol. The SMILES string of the molecule is CNC(=O)Nc1ccc(N2CCOCC2)cc1OCCCN. The summed E-state index contributed by atoms with van der Waals surface area (Å²) in [6.45, 7) is 4.24. The second kappa shape index (κ2) is 8.45. The van der Waals surface area contributed by atoms with E-state index in [9.17, 15) is 4.79 Å². The average Bonchev–Trinajstić information content (AvgIpc) is 2.57. The van der Waals surface area contributed by atoms with Crippen molar-refractivity contribution in [3.63, 3.8) is 0 Å². The second-order valence-electron chi connectivity index (χ2n) is 4.97. The van der Waals surface area contributed by atoms with Gasteiger partial charge in [0.25, 0.3) is 0 Å². The molecule has 122 valence electrons. The fourth-order valence-electron chi connectivity index (χ4n) is 2.20. The fraction of sp³-hybridized carbons (Fsp3) is 0.533. The van der Waals surface area contributed by atoms with Crippen LogP contribution in [0.2, 0.25) is 0 Å². The summed E-state index contributed by atoms with van der Waals surface area (Å²) in [5, 5.41) is 5.30. The lowest BCUT2D eigenvalue weighted by molar-refractivity contribution is 0.122. The van der Waals surface area contributed by atoms with Crippen molar-refractivity contribution in [1.29, 1.82) is 0 Å². The number of urea groups is 1. The predicted molar refractivity (Wildman–Crippen MR) is 86.7 cm³/mol. The molecule has 0 bridgehead atoms. The number of anilines is 2. The quantitative estimate of drug-likeness (QED) is 0.682. The van der Waals surface area contributed by atoms with Crippen molar-refractivity contribution in [3.8, 4) is 5.75 Å². The third-order valence-corrected chi connectivity index (χ3v) is 3.42. The first-order chi connectivity index (χ1) is 10.7. The number of ether oxygens (including phenoxy) is 2. The van der Waals surface area contributed by atoms with Gasteiger partial charge in [-0.05, 0) is 25.1 Å². The molecule has 7 nitrogen and oxygen atoms in total. The van der Waals surface area contributed by atoms with Crippen molar-refractivity contribution in [2.45, 2.75) is 6.42 Å². The molecule has 0 saturated carbocycles. The largest absolute Gasteiger partial charge is 0.491 e. The predicted octanol–water partition coefficient (Wildman–Crippen LogP) is 1.00. The summed E-state index contributed by atoms with van der Waals surface area (Å²) in [6.07, 6.45) is 0.765. The standard InChI is InChI=1S/C15H24N4O3/c1-17-15(20)18-13-4-3-12(19-6-9-21-10-7-19)11-14(13)22-8-2-5-16/h3-4,11H,2,5-10,16H2,1H3,(H2,17,18,20). The van der Waals surface area contributed by atoms with Crippen LogP contribution in [0.5, 0.6) is 5.75 Å². The van der Waals surface area contributed by atoms with E-state index >= 15 is 0 Å². The Kier molecular flexibility index (Phi) is 6.29. The van der Waals surface area contributed by atoms with Crippen LogP contribution < -0.4 is 26.0 Å². The van der Waals surface area contributed by atoms with Gasteiger partial charge in [-0.1, -0.05) is 0 Å². The van der Waals surface area contributed by atoms with Crippen LogP contribution in [0.25, 0.3) is 0 Å². The molecule has 0 unspecified atom stereocenters. The van der Waals surface area contributed by atoms with Crippen LogP contribution in [0.1, 0.15) is 6.42 Å². The van der Waals surface area contributed by atoms with Crippen LogP contribution in [0.15, 0.2) is 18.2 Å². The molecule has 2 rings (SSSR count). The van der Waals surface area contributed by atoms with Gasteiger partial charge in [-0.3, -0.25) is 0 Å². The van der Waals surface area contributed by atoms with Gasteiger partial charge in [0, 0.05) is 31.9 Å². The Morgan fingerprint density at radius 1 is 1.41 bits per heavy atom. The van der Waals surface area contributed by atoms with E-state index in [1.807, 2.05) is 18.2 Å². The van der Waals surface area contributed by atoms with Crippen LogP contribution in [0.4, 0.5) is 16.2 Å². The lowest BCUT2D eigenvalue weighted by Crippen LogP contribution is -2.36. The summed E-state index contributed by atoms with van der Waals surface area (Å²) in [6, 6.07) is 5.51. The number of nitrogens with zero attached hydrogens (tertiary/aromatic N) is 1. The summed E-state index contributed by atoms with van der Waals surface area (Å²) >= 11 is 0. The summed E-state index contributed by atoms with van der Waals surface area (Å²) < 4.78 is 11.1. The lowest BCUT2D eigenvalue weighted by atomic mass is 10.2. The minimum absolute atomic E-state index is 0.275. The molecule has 0 aromatic heterocycles. The Labute approximate surface area is 130 Å². The topological polar surface area (TPSA) is 88.9 Å². The van der Waals surface area contributed by atoms with Gasteiger partial charge in [-0.2, -0.15) is 0 Å². The third-order valence-electron chi connectivity index (χ3n) is 3.42. The van der Waals surface area contributed by atoms with E-state index in [0.29, 0.717) is 24.6 Å². The number of carbonyl (C=O) groups excluding carboxylic acids is 1. The molecular formula is C15H24N4O3. The van der Waals surface area contributed by atoms with Crippen LogP contribution in [-0.2, 0) is 4.74 Å². The number of benzene rings is 1. The Hall–Kier alpha value is -1.99. The summed E-state index contributed by atoms with van der Waals surface area (Å²) in [4.78, 5) is 13.8. The maximum Gasteiger partial charge on any atom is 0.319 e. The number of rotatable bonds is 6. The van der Waals surface area contributed by atoms with Gasteiger partial charge in [-0.25, -0.2) is 4.79 Å². The van der Waals surface area contributed by atoms with Gasteiger partial charge >= 0.3 is 6.03 Å². The zero-order valence-corrected chi connectivity index (χ0v) is 12.9. The highest BCUT2D eigenvalue weighted by atomic mass is 16.5. The highest BCUT2D eigenvalue weighted by Crippen LogP contribution is 2.30. The van der Waals surface area contributed by atoms with Crippen molar-refractivity contribution in [2.75, 3.05) is 56.7 Å². The Morgan fingerprint density at radius 2 is 2.18 bits per heavy atom. The molecule has 0 aliphatic carbocycles. The number of morpholine rings is 1. The van der Waals surface area contributed by atoms with Gasteiger partial charge < -0.3 is 30.7 Å². The number of nitrogens with two attached hydrogens (primary N) is 1. The van der Waals surface area contributed by atoms with Gasteiger partial charge in [-0.15, -0.1) is 0 Å². The van der Waals surface area contributed by atoms with E-state index in [2.05, 4.69) is 15.5 Å². The molecule has 7 heteroatoms. The maximum absolute atomic E-state index is 11.5. The molecule has 1 fully saturated rings. The normalized spacial score (nSPS) is 14.5. The minimum atomic E-state index is -0.275. The number of hydrogen-bond acceptors (Lipinski definition) is 5. The first-order valence-corrected chi connectivity index (χ1v) is 7.53. The molecule has 1 saturated heterocycles. The van der Waals surface area contributed by atoms with E-state index in [1.54, 1.807) is 7.05 Å². The summed E-state index contributed by atoms with van der Waals surface area (Å²) in [5.74, 6) is 0.654. The van der Waals surface area contributed by atoms with Crippen LogP contribution in [0, 0.1) is 0 Å². The zero-order valence-electron chi connectivity index (χ0n) is 12.9. The van der Waals surface area contributed by atoms with Gasteiger partial charge in [0.15, 0.2) is 0 Å². The molecule has 1 aromatic rings. The highest BCUT2D eigenvalue weighted by Gasteiger charge is 2.14. The molecule has 1 aromatic carbocycles. The maximum atomic E-state index is 11.5. The Balaban J connectivity index is 2.15. The number of nitrogens with one attached hydrogen (secondary N) is 2. The smallest absolute Gasteiger partial charge is 0.319 e. The van der Waals surface area contributed by atoms with Gasteiger partial charge in [0.05, 0.1) is 25.5 Å². The molecule has 0 spiro atoms. The van der Waals surface area contributed by atoms with E-state index in [-0.39, 0.29) is 6.03 Å². The van der Waals surface area contributed by atoms with Crippen molar-refractivity contribution >= 4 is 17.4 Å². The zero-order chi connectivity index (χ0) is 15.8.